The summed E-state index contributed by atoms with van der Waals surface area (Å²) in [7, 11) is 0. The zero-order valence-electron chi connectivity index (χ0n) is 15.5. The van der Waals surface area contributed by atoms with Crippen LogP contribution in [0, 0.1) is 5.41 Å². The molecule has 4 N–H and O–H groups in total. The summed E-state index contributed by atoms with van der Waals surface area (Å²) in [5.74, 6) is -1.34. The summed E-state index contributed by atoms with van der Waals surface area (Å²) in [6.45, 7) is 6.42. The number of halogens is 2. The number of aliphatic carboxylic acids is 1. The van der Waals surface area contributed by atoms with Crippen molar-refractivity contribution in [2.45, 2.75) is 50.7 Å². The lowest BCUT2D eigenvalue weighted by Gasteiger charge is -2.38. The largest absolute Gasteiger partial charge is 0.480 e. The van der Waals surface area contributed by atoms with Gasteiger partial charge in [-0.25, -0.2) is 0 Å². The fraction of sp³-hybridized carbons (Fsp3) is 0.450. The molecule has 0 aliphatic carbocycles. The molecule has 1 aromatic carbocycles. The topological polar surface area (TPSA) is 75.3 Å². The van der Waals surface area contributed by atoms with E-state index in [-0.39, 0.29) is 11.5 Å². The van der Waals surface area contributed by atoms with Gasteiger partial charge in [-0.1, -0.05) is 44.5 Å². The van der Waals surface area contributed by atoms with Crippen LogP contribution < -0.4 is 11.1 Å². The van der Waals surface area contributed by atoms with Crippen molar-refractivity contribution in [3.63, 3.8) is 0 Å². The van der Waals surface area contributed by atoms with Gasteiger partial charge in [0, 0.05) is 31.7 Å². The van der Waals surface area contributed by atoms with Crippen molar-refractivity contribution >= 4 is 44.8 Å². The summed E-state index contributed by atoms with van der Waals surface area (Å²) < 4.78 is 0.949. The molecular weight excluding hydrogens is 448 g/mol. The average Bonchev–Trinajstić information content (AvgIpc) is 3.09. The number of hydrogen-bond donors (Lipinski definition) is 3. The SMILES string of the molecule is CC(C)(C)CC1NC(C(=O)O)C(c2cccc(Cl)c2)C1(N)c1cc(Br)cs1. The molecule has 2 heterocycles. The Kier molecular flexibility index (Phi) is 5.77. The summed E-state index contributed by atoms with van der Waals surface area (Å²) in [6, 6.07) is 8.40. The molecule has 1 aromatic heterocycles. The lowest BCUT2D eigenvalue weighted by molar-refractivity contribution is -0.139. The highest BCUT2D eigenvalue weighted by Crippen LogP contribution is 2.50. The van der Waals surface area contributed by atoms with E-state index in [9.17, 15) is 9.90 Å². The van der Waals surface area contributed by atoms with Gasteiger partial charge in [0.1, 0.15) is 6.04 Å². The normalized spacial score (nSPS) is 28.4. The monoisotopic (exact) mass is 470 g/mol. The third-order valence-corrected chi connectivity index (χ3v) is 7.18. The number of nitrogens with one attached hydrogen (secondary N) is 1. The number of carboxylic acid groups (broad SMARTS) is 1. The van der Waals surface area contributed by atoms with Crippen molar-refractivity contribution < 1.29 is 9.90 Å². The molecule has 4 nitrogen and oxygen atoms in total. The van der Waals surface area contributed by atoms with E-state index in [2.05, 4.69) is 42.0 Å². The maximum absolute atomic E-state index is 12.1. The van der Waals surface area contributed by atoms with Crippen LogP contribution in [0.1, 0.15) is 43.6 Å². The predicted octanol–water partition coefficient (Wildman–Crippen LogP) is 4.96. The Bertz CT molecular complexity index is 851. The molecule has 1 aliphatic heterocycles. The Morgan fingerprint density at radius 1 is 1.41 bits per heavy atom. The molecule has 4 unspecified atom stereocenters. The number of hydrogen-bond acceptors (Lipinski definition) is 4. The predicted molar refractivity (Wildman–Crippen MR) is 114 cm³/mol. The minimum Gasteiger partial charge on any atom is -0.480 e. The van der Waals surface area contributed by atoms with Gasteiger partial charge in [-0.05, 0) is 51.5 Å². The highest BCUT2D eigenvalue weighted by Gasteiger charge is 2.57. The van der Waals surface area contributed by atoms with Gasteiger partial charge in [0.15, 0.2) is 0 Å². The first-order chi connectivity index (χ1) is 12.5. The van der Waals surface area contributed by atoms with E-state index in [4.69, 9.17) is 17.3 Å². The fourth-order valence-corrected chi connectivity index (χ4v) is 5.87. The minimum atomic E-state index is -0.901. The van der Waals surface area contributed by atoms with Crippen LogP contribution in [0.5, 0.6) is 0 Å². The molecule has 0 amide bonds. The molecule has 0 spiro atoms. The van der Waals surface area contributed by atoms with E-state index < -0.39 is 23.5 Å². The molecule has 0 saturated carbocycles. The Morgan fingerprint density at radius 3 is 2.63 bits per heavy atom. The van der Waals surface area contributed by atoms with Crippen LogP contribution in [0.2, 0.25) is 5.02 Å². The number of carboxylic acids is 1. The molecule has 1 aliphatic rings. The second kappa shape index (κ2) is 7.48. The molecule has 3 rings (SSSR count). The van der Waals surface area contributed by atoms with Crippen molar-refractivity contribution in [1.29, 1.82) is 0 Å². The van der Waals surface area contributed by atoms with Gasteiger partial charge in [0.25, 0.3) is 0 Å². The number of thiophene rings is 1. The van der Waals surface area contributed by atoms with Gasteiger partial charge in [-0.15, -0.1) is 11.3 Å². The van der Waals surface area contributed by atoms with Gasteiger partial charge in [-0.3, -0.25) is 10.1 Å². The van der Waals surface area contributed by atoms with Crippen LogP contribution >= 0.6 is 38.9 Å². The molecule has 0 radical (unpaired) electrons. The Balaban J connectivity index is 2.19. The van der Waals surface area contributed by atoms with Crippen LogP contribution in [0.4, 0.5) is 0 Å². The van der Waals surface area contributed by atoms with Crippen LogP contribution in [-0.4, -0.2) is 23.2 Å². The third kappa shape index (κ3) is 4.10. The van der Waals surface area contributed by atoms with Crippen molar-refractivity contribution in [2.24, 2.45) is 11.1 Å². The van der Waals surface area contributed by atoms with E-state index in [0.29, 0.717) is 5.02 Å². The molecule has 1 saturated heterocycles. The zero-order chi connectivity index (χ0) is 20.0. The van der Waals surface area contributed by atoms with Crippen LogP contribution in [0.3, 0.4) is 0 Å². The van der Waals surface area contributed by atoms with Gasteiger partial charge in [0.2, 0.25) is 0 Å². The number of rotatable bonds is 4. The van der Waals surface area contributed by atoms with Gasteiger partial charge < -0.3 is 10.8 Å². The first kappa shape index (κ1) is 20.8. The van der Waals surface area contributed by atoms with Crippen LogP contribution in [0.25, 0.3) is 0 Å². The van der Waals surface area contributed by atoms with E-state index in [0.717, 1.165) is 21.3 Å². The van der Waals surface area contributed by atoms with Crippen LogP contribution in [0.15, 0.2) is 40.2 Å². The standard InChI is InChI=1S/C20H24BrClN2O2S/c1-19(2,3)9-14-20(23,15-8-12(21)10-27-15)16(17(24-14)18(25)26)11-5-4-6-13(22)7-11/h4-8,10,14,16-17,24H,9,23H2,1-3H3,(H,25,26). The molecule has 0 bridgehead atoms. The smallest absolute Gasteiger partial charge is 0.321 e. The second-order valence-electron chi connectivity index (χ2n) is 8.39. The van der Waals surface area contributed by atoms with Crippen molar-refractivity contribution in [1.82, 2.24) is 5.32 Å². The first-order valence-electron chi connectivity index (χ1n) is 8.80. The first-order valence-corrected chi connectivity index (χ1v) is 10.8. The molecular formula is C20H24BrClN2O2S. The van der Waals surface area contributed by atoms with Crippen LogP contribution in [-0.2, 0) is 10.3 Å². The Morgan fingerprint density at radius 2 is 2.11 bits per heavy atom. The molecule has 2 aromatic rings. The maximum Gasteiger partial charge on any atom is 0.321 e. The summed E-state index contributed by atoms with van der Waals surface area (Å²) in [4.78, 5) is 13.1. The molecule has 1 fully saturated rings. The van der Waals surface area contributed by atoms with E-state index in [1.807, 2.05) is 29.6 Å². The Hall–Kier alpha value is -0.920. The number of carbonyl (C=O) groups is 1. The third-order valence-electron chi connectivity index (χ3n) is 5.09. The molecule has 7 heteroatoms. The number of benzene rings is 1. The number of nitrogens with two attached hydrogens (primary N) is 1. The molecule has 27 heavy (non-hydrogen) atoms. The molecule has 4 atom stereocenters. The quantitative estimate of drug-likeness (QED) is 0.589. The second-order valence-corrected chi connectivity index (χ2v) is 10.7. The van der Waals surface area contributed by atoms with Gasteiger partial charge in [0.05, 0.1) is 5.54 Å². The molecule has 146 valence electrons. The van der Waals surface area contributed by atoms with E-state index >= 15 is 0 Å². The van der Waals surface area contributed by atoms with E-state index in [1.54, 1.807) is 17.4 Å². The average molecular weight is 472 g/mol. The zero-order valence-corrected chi connectivity index (χ0v) is 18.7. The summed E-state index contributed by atoms with van der Waals surface area (Å²) in [5.41, 5.74) is 7.08. The van der Waals surface area contributed by atoms with Crippen molar-refractivity contribution in [3.05, 3.63) is 55.6 Å². The van der Waals surface area contributed by atoms with Crippen molar-refractivity contribution in [3.8, 4) is 0 Å². The minimum absolute atomic E-state index is 0.0109. The highest BCUT2D eigenvalue weighted by atomic mass is 79.9. The lowest BCUT2D eigenvalue weighted by atomic mass is 9.71. The lowest BCUT2D eigenvalue weighted by Crippen LogP contribution is -2.51. The maximum atomic E-state index is 12.1. The van der Waals surface area contributed by atoms with Gasteiger partial charge >= 0.3 is 5.97 Å². The van der Waals surface area contributed by atoms with E-state index in [1.165, 1.54) is 0 Å². The fourth-order valence-electron chi connectivity index (χ4n) is 4.03. The van der Waals surface area contributed by atoms with Crippen molar-refractivity contribution in [2.75, 3.05) is 0 Å². The summed E-state index contributed by atoms with van der Waals surface area (Å²) in [6.07, 6.45) is 0.750. The highest BCUT2D eigenvalue weighted by molar-refractivity contribution is 9.10. The summed E-state index contributed by atoms with van der Waals surface area (Å²) in [5, 5.41) is 15.9. The van der Waals surface area contributed by atoms with Gasteiger partial charge in [-0.2, -0.15) is 0 Å². The Labute approximate surface area is 177 Å². The summed E-state index contributed by atoms with van der Waals surface area (Å²) >= 11 is 11.3.